The highest BCUT2D eigenvalue weighted by molar-refractivity contribution is 5.86. The highest BCUT2D eigenvalue weighted by Crippen LogP contribution is 2.26. The Morgan fingerprint density at radius 3 is 2.56 bits per heavy atom. The average molecular weight is 374 g/mol. The number of ether oxygens (including phenoxy) is 1. The van der Waals surface area contributed by atoms with E-state index in [-0.39, 0.29) is 12.1 Å². The van der Waals surface area contributed by atoms with Crippen LogP contribution in [0, 0.1) is 6.92 Å². The van der Waals surface area contributed by atoms with E-state index in [0.29, 0.717) is 19.1 Å². The van der Waals surface area contributed by atoms with Gasteiger partial charge in [-0.2, -0.15) is 0 Å². The fourth-order valence-electron chi connectivity index (χ4n) is 3.39. The first kappa shape index (κ1) is 19.5. The molecule has 27 heavy (non-hydrogen) atoms. The lowest BCUT2D eigenvalue weighted by molar-refractivity contribution is 0.0210. The predicted octanol–water partition coefficient (Wildman–Crippen LogP) is 4.13. The van der Waals surface area contributed by atoms with Crippen molar-refractivity contribution in [3.63, 3.8) is 0 Å². The molecule has 0 aromatic carbocycles. The Kier molecular flexibility index (Phi) is 5.31. The molecule has 3 rings (SSSR count). The molecule has 0 radical (unpaired) electrons. The Morgan fingerprint density at radius 2 is 1.96 bits per heavy atom. The number of imidazole rings is 1. The summed E-state index contributed by atoms with van der Waals surface area (Å²) in [5.74, 6) is 0.833. The number of pyridine rings is 1. The third-order valence-corrected chi connectivity index (χ3v) is 4.73. The summed E-state index contributed by atoms with van der Waals surface area (Å²) in [7, 11) is 0. The number of aromatic nitrogens is 3. The van der Waals surface area contributed by atoms with E-state index >= 15 is 0 Å². The van der Waals surface area contributed by atoms with Gasteiger partial charge in [0.15, 0.2) is 5.82 Å². The van der Waals surface area contributed by atoms with Gasteiger partial charge in [0.05, 0.1) is 11.8 Å². The maximum Gasteiger partial charge on any atom is 0.410 e. The van der Waals surface area contributed by atoms with E-state index in [1.54, 1.807) is 4.90 Å². The number of nitrogens with zero attached hydrogens (tertiary/aromatic N) is 4. The Labute approximate surface area is 161 Å². The largest absolute Gasteiger partial charge is 0.444 e. The average Bonchev–Trinajstić information content (AvgIpc) is 2.98. The number of fused-ring (bicyclic) bond motifs is 1. The number of nitrogens with one attached hydrogen (secondary N) is 1. The fourth-order valence-corrected chi connectivity index (χ4v) is 3.39. The van der Waals surface area contributed by atoms with Crippen molar-refractivity contribution >= 4 is 22.9 Å². The molecule has 148 valence electrons. The van der Waals surface area contributed by atoms with Crippen LogP contribution in [0.15, 0.2) is 12.4 Å². The molecule has 1 fully saturated rings. The predicted molar refractivity (Wildman–Crippen MR) is 107 cm³/mol. The molecule has 2 aromatic heterocycles. The zero-order valence-electron chi connectivity index (χ0n) is 17.2. The lowest BCUT2D eigenvalue weighted by atomic mass is 10.1. The minimum atomic E-state index is -0.460. The van der Waals surface area contributed by atoms with Crippen molar-refractivity contribution < 1.29 is 9.53 Å². The number of anilines is 1. The Balaban J connectivity index is 1.68. The van der Waals surface area contributed by atoms with E-state index in [1.807, 2.05) is 34.0 Å². The normalized spacial score (nSPS) is 16.2. The van der Waals surface area contributed by atoms with Crippen LogP contribution < -0.4 is 5.32 Å². The summed E-state index contributed by atoms with van der Waals surface area (Å²) in [5.41, 5.74) is 2.52. The third kappa shape index (κ3) is 4.51. The number of hydrogen-bond donors (Lipinski definition) is 1. The van der Waals surface area contributed by atoms with Gasteiger partial charge in [0.25, 0.3) is 0 Å². The molecule has 1 N–H and O–H groups in total. The van der Waals surface area contributed by atoms with Gasteiger partial charge < -0.3 is 19.5 Å². The van der Waals surface area contributed by atoms with Crippen LogP contribution in [0.3, 0.4) is 0 Å². The fraction of sp³-hybridized carbons (Fsp3) is 0.650. The number of likely N-dealkylation sites (tertiary alicyclic amines) is 1. The van der Waals surface area contributed by atoms with Gasteiger partial charge in [0.1, 0.15) is 11.1 Å². The highest BCUT2D eigenvalue weighted by atomic mass is 16.6. The molecule has 0 bridgehead atoms. The maximum absolute atomic E-state index is 12.2. The minimum Gasteiger partial charge on any atom is -0.444 e. The van der Waals surface area contributed by atoms with Crippen molar-refractivity contribution in [2.75, 3.05) is 18.4 Å². The van der Waals surface area contributed by atoms with Gasteiger partial charge >= 0.3 is 6.09 Å². The van der Waals surface area contributed by atoms with Crippen molar-refractivity contribution in [1.82, 2.24) is 19.4 Å². The first-order valence-corrected chi connectivity index (χ1v) is 9.72. The van der Waals surface area contributed by atoms with E-state index in [1.165, 1.54) is 0 Å². The van der Waals surface area contributed by atoms with E-state index in [0.717, 1.165) is 35.4 Å². The Bertz CT molecular complexity index is 814. The molecule has 2 aromatic rings. The second-order valence-corrected chi connectivity index (χ2v) is 8.61. The van der Waals surface area contributed by atoms with Crippen LogP contribution in [-0.4, -0.2) is 50.3 Å². The number of carbonyl (C=O) groups is 1. The van der Waals surface area contributed by atoms with Gasteiger partial charge in [-0.1, -0.05) is 0 Å². The summed E-state index contributed by atoms with van der Waals surface area (Å²) in [5, 5.41) is 3.56. The molecule has 1 saturated heterocycles. The van der Waals surface area contributed by atoms with Gasteiger partial charge in [-0.3, -0.25) is 0 Å². The van der Waals surface area contributed by atoms with Crippen LogP contribution in [0.1, 0.15) is 59.2 Å². The SMILES string of the molecule is Cc1cc2c(ncn2C(C)C)c(NC2CCN(C(=O)OC(C)(C)C)CC2)n1. The molecule has 0 aliphatic carbocycles. The first-order chi connectivity index (χ1) is 12.6. The molecular formula is C20H31N5O2. The van der Waals surface area contributed by atoms with E-state index in [4.69, 9.17) is 4.74 Å². The van der Waals surface area contributed by atoms with Crippen molar-refractivity contribution in [1.29, 1.82) is 0 Å². The monoisotopic (exact) mass is 373 g/mol. The van der Waals surface area contributed by atoms with Crippen LogP contribution in [0.4, 0.5) is 10.6 Å². The van der Waals surface area contributed by atoms with Crippen molar-refractivity contribution in [3.05, 3.63) is 18.1 Å². The topological polar surface area (TPSA) is 72.3 Å². The number of hydrogen-bond acceptors (Lipinski definition) is 5. The standard InChI is InChI=1S/C20H31N5O2/c1-13(2)25-12-21-17-16(25)11-14(3)22-18(17)23-15-7-9-24(10-8-15)19(26)27-20(4,5)6/h11-13,15H,7-10H2,1-6H3,(H,22,23). The summed E-state index contributed by atoms with van der Waals surface area (Å²) in [6.07, 6.45) is 3.38. The van der Waals surface area contributed by atoms with Crippen molar-refractivity contribution in [3.8, 4) is 0 Å². The molecule has 3 heterocycles. The van der Waals surface area contributed by atoms with Gasteiger partial charge in [-0.15, -0.1) is 0 Å². The number of amides is 1. The van der Waals surface area contributed by atoms with Gasteiger partial charge in [-0.05, 0) is 60.5 Å². The Hall–Kier alpha value is -2.31. The highest BCUT2D eigenvalue weighted by Gasteiger charge is 2.27. The quantitative estimate of drug-likeness (QED) is 0.876. The molecule has 7 heteroatoms. The van der Waals surface area contributed by atoms with E-state index < -0.39 is 5.60 Å². The van der Waals surface area contributed by atoms with Crippen LogP contribution in [0.2, 0.25) is 0 Å². The summed E-state index contributed by atoms with van der Waals surface area (Å²) in [6.45, 7) is 13.3. The van der Waals surface area contributed by atoms with E-state index in [9.17, 15) is 4.79 Å². The smallest absolute Gasteiger partial charge is 0.410 e. The van der Waals surface area contributed by atoms with Gasteiger partial charge in [-0.25, -0.2) is 14.8 Å². The first-order valence-electron chi connectivity index (χ1n) is 9.72. The molecule has 0 saturated carbocycles. The third-order valence-electron chi connectivity index (χ3n) is 4.73. The van der Waals surface area contributed by atoms with Crippen molar-refractivity contribution in [2.24, 2.45) is 0 Å². The second kappa shape index (κ2) is 7.37. The zero-order valence-corrected chi connectivity index (χ0v) is 17.2. The maximum atomic E-state index is 12.2. The minimum absolute atomic E-state index is 0.229. The van der Waals surface area contributed by atoms with Crippen LogP contribution in [0.5, 0.6) is 0 Å². The summed E-state index contributed by atoms with van der Waals surface area (Å²) in [6, 6.07) is 2.70. The van der Waals surface area contributed by atoms with Crippen molar-refractivity contribution in [2.45, 2.75) is 72.1 Å². The molecule has 1 amide bonds. The lowest BCUT2D eigenvalue weighted by Gasteiger charge is -2.34. The number of carbonyl (C=O) groups excluding carboxylic acids is 1. The van der Waals surface area contributed by atoms with E-state index in [2.05, 4.69) is 39.8 Å². The summed E-state index contributed by atoms with van der Waals surface area (Å²) in [4.78, 5) is 23.3. The van der Waals surface area contributed by atoms with Gasteiger partial charge in [0, 0.05) is 30.9 Å². The number of piperidine rings is 1. The summed E-state index contributed by atoms with van der Waals surface area (Å²) < 4.78 is 7.64. The molecule has 0 unspecified atom stereocenters. The number of aryl methyl sites for hydroxylation is 1. The summed E-state index contributed by atoms with van der Waals surface area (Å²) >= 11 is 0. The molecular weight excluding hydrogens is 342 g/mol. The van der Waals surface area contributed by atoms with Crippen LogP contribution in [0.25, 0.3) is 11.0 Å². The zero-order chi connectivity index (χ0) is 19.8. The Morgan fingerprint density at radius 1 is 1.30 bits per heavy atom. The molecule has 7 nitrogen and oxygen atoms in total. The lowest BCUT2D eigenvalue weighted by Crippen LogP contribution is -2.44. The second-order valence-electron chi connectivity index (χ2n) is 8.61. The molecule has 0 spiro atoms. The van der Waals surface area contributed by atoms with Gasteiger partial charge in [0.2, 0.25) is 0 Å². The molecule has 1 aliphatic rings. The number of rotatable bonds is 3. The van der Waals surface area contributed by atoms with Crippen LogP contribution >= 0.6 is 0 Å². The molecule has 1 aliphatic heterocycles. The van der Waals surface area contributed by atoms with Crippen LogP contribution in [-0.2, 0) is 4.74 Å². The molecule has 0 atom stereocenters.